The van der Waals surface area contributed by atoms with Crippen molar-refractivity contribution in [3.8, 4) is 0 Å². The Morgan fingerprint density at radius 3 is 1.37 bits per heavy atom. The molecule has 0 aliphatic carbocycles. The normalized spacial score (nSPS) is 20.5. The Morgan fingerprint density at radius 1 is 0.522 bits per heavy atom. The summed E-state index contributed by atoms with van der Waals surface area (Å²) in [6.07, 6.45) is 60.6. The van der Waals surface area contributed by atoms with Crippen molar-refractivity contribution in [3.63, 3.8) is 0 Å². The van der Waals surface area contributed by atoms with Crippen molar-refractivity contribution in [3.05, 3.63) is 97.2 Å². The summed E-state index contributed by atoms with van der Waals surface area (Å²) in [5.74, 6) is -0.185. The highest BCUT2D eigenvalue weighted by atomic mass is 16.7. The molecule has 6 N–H and O–H groups in total. The second-order valence-electron chi connectivity index (χ2n) is 18.3. The summed E-state index contributed by atoms with van der Waals surface area (Å²) in [5, 5.41) is 54.1. The Kier molecular flexibility index (Phi) is 43.4. The van der Waals surface area contributed by atoms with Gasteiger partial charge < -0.3 is 40.3 Å². The summed E-state index contributed by atoms with van der Waals surface area (Å²) < 4.78 is 11.2. The standard InChI is InChI=1S/C58H99NO8/c1-3-5-7-9-11-13-14-15-16-17-18-19-20-21-22-23-24-25-26-27-28-29-30-31-32-33-34-35-36-37-38-40-42-44-46-48-54(62)59-51(52(61)47-45-43-41-39-12-10-8-6-4-2)50-66-58-57(65)56(64)55(63)53(49-60)67-58/h5,7,11,13,15-16,18-19,21-22,24-25,27-28,45,47,51-53,55-58,60-61,63-65H,3-4,6,8-10,12,14,17,20,23,26,29-44,46,48-50H2,1-2H3,(H,59,62)/b7-5-,13-11-,16-15-,19-18-,22-21-,25-24-,28-27-,47-45+. The van der Waals surface area contributed by atoms with E-state index in [9.17, 15) is 30.3 Å². The number of hydrogen-bond donors (Lipinski definition) is 6. The fourth-order valence-corrected chi connectivity index (χ4v) is 7.90. The Morgan fingerprint density at radius 2 is 0.925 bits per heavy atom. The zero-order valence-corrected chi connectivity index (χ0v) is 42.4. The number of aliphatic hydroxyl groups excluding tert-OH is 5. The Labute approximate surface area is 409 Å². The van der Waals surface area contributed by atoms with Crippen LogP contribution in [0.4, 0.5) is 0 Å². The number of amides is 1. The molecule has 1 fully saturated rings. The van der Waals surface area contributed by atoms with Crippen molar-refractivity contribution in [1.82, 2.24) is 5.32 Å². The highest BCUT2D eigenvalue weighted by molar-refractivity contribution is 5.76. The van der Waals surface area contributed by atoms with E-state index in [1.54, 1.807) is 6.08 Å². The van der Waals surface area contributed by atoms with Gasteiger partial charge in [0.25, 0.3) is 0 Å². The van der Waals surface area contributed by atoms with Crippen molar-refractivity contribution >= 4 is 5.91 Å². The number of hydrogen-bond acceptors (Lipinski definition) is 8. The lowest BCUT2D eigenvalue weighted by atomic mass is 9.99. The van der Waals surface area contributed by atoms with Crippen molar-refractivity contribution in [2.24, 2.45) is 0 Å². The fraction of sp³-hybridized carbons (Fsp3) is 0.707. The summed E-state index contributed by atoms with van der Waals surface area (Å²) in [5.41, 5.74) is 0. The van der Waals surface area contributed by atoms with Crippen LogP contribution in [0.25, 0.3) is 0 Å². The van der Waals surface area contributed by atoms with Gasteiger partial charge in [0.05, 0.1) is 25.4 Å². The first-order valence-corrected chi connectivity index (χ1v) is 27.0. The molecule has 0 bridgehead atoms. The summed E-state index contributed by atoms with van der Waals surface area (Å²) in [4.78, 5) is 13.0. The summed E-state index contributed by atoms with van der Waals surface area (Å²) in [6.45, 7) is 3.61. The number of allylic oxidation sites excluding steroid dienone is 15. The van der Waals surface area contributed by atoms with Crippen LogP contribution in [0, 0.1) is 0 Å². The molecule has 0 aromatic rings. The Bertz CT molecular complexity index is 1370. The van der Waals surface area contributed by atoms with Crippen LogP contribution < -0.4 is 5.32 Å². The number of unbranched alkanes of at least 4 members (excludes halogenated alkanes) is 20. The summed E-state index contributed by atoms with van der Waals surface area (Å²) in [6, 6.07) is -0.808. The lowest BCUT2D eigenvalue weighted by Crippen LogP contribution is -2.60. The predicted molar refractivity (Wildman–Crippen MR) is 281 cm³/mol. The molecule has 7 unspecified atom stereocenters. The average molecular weight is 938 g/mol. The molecule has 67 heavy (non-hydrogen) atoms. The largest absolute Gasteiger partial charge is 0.394 e. The third-order valence-corrected chi connectivity index (χ3v) is 12.2. The number of aliphatic hydroxyl groups is 5. The molecule has 0 aromatic carbocycles. The van der Waals surface area contributed by atoms with Gasteiger partial charge >= 0.3 is 0 Å². The lowest BCUT2D eigenvalue weighted by molar-refractivity contribution is -0.302. The third kappa shape index (κ3) is 36.7. The van der Waals surface area contributed by atoms with Gasteiger partial charge in [-0.1, -0.05) is 220 Å². The van der Waals surface area contributed by atoms with Gasteiger partial charge in [0, 0.05) is 6.42 Å². The zero-order valence-electron chi connectivity index (χ0n) is 42.4. The third-order valence-electron chi connectivity index (χ3n) is 12.2. The number of carbonyl (C=O) groups is 1. The first-order chi connectivity index (χ1) is 32.8. The smallest absolute Gasteiger partial charge is 0.220 e. The zero-order chi connectivity index (χ0) is 48.7. The minimum Gasteiger partial charge on any atom is -0.394 e. The predicted octanol–water partition coefficient (Wildman–Crippen LogP) is 12.8. The van der Waals surface area contributed by atoms with Crippen LogP contribution in [-0.4, -0.2) is 87.5 Å². The Hall–Kier alpha value is -2.89. The Balaban J connectivity index is 2.11. The topological polar surface area (TPSA) is 149 Å². The average Bonchev–Trinajstić information content (AvgIpc) is 3.33. The van der Waals surface area contributed by atoms with Crippen molar-refractivity contribution < 1.29 is 39.8 Å². The highest BCUT2D eigenvalue weighted by Gasteiger charge is 2.44. The molecule has 1 amide bonds. The van der Waals surface area contributed by atoms with Crippen LogP contribution in [0.15, 0.2) is 97.2 Å². The van der Waals surface area contributed by atoms with Gasteiger partial charge in [-0.3, -0.25) is 4.79 Å². The van der Waals surface area contributed by atoms with E-state index in [-0.39, 0.29) is 12.5 Å². The molecular formula is C58H99NO8. The maximum atomic E-state index is 13.0. The maximum absolute atomic E-state index is 13.0. The summed E-state index contributed by atoms with van der Waals surface area (Å²) in [7, 11) is 0. The molecule has 0 radical (unpaired) electrons. The number of carbonyl (C=O) groups excluding carboxylic acids is 1. The van der Waals surface area contributed by atoms with Crippen LogP contribution >= 0.6 is 0 Å². The van der Waals surface area contributed by atoms with Gasteiger partial charge in [-0.05, 0) is 77.0 Å². The lowest BCUT2D eigenvalue weighted by Gasteiger charge is -2.40. The summed E-state index contributed by atoms with van der Waals surface area (Å²) >= 11 is 0. The van der Waals surface area contributed by atoms with Crippen LogP contribution in [-0.2, 0) is 14.3 Å². The van der Waals surface area contributed by atoms with Gasteiger partial charge in [0.15, 0.2) is 6.29 Å². The molecule has 1 heterocycles. The molecule has 9 heteroatoms. The highest BCUT2D eigenvalue weighted by Crippen LogP contribution is 2.23. The van der Waals surface area contributed by atoms with Crippen molar-refractivity contribution in [2.45, 2.75) is 249 Å². The van der Waals surface area contributed by atoms with E-state index in [1.165, 1.54) is 103 Å². The van der Waals surface area contributed by atoms with Gasteiger partial charge in [-0.2, -0.15) is 0 Å². The molecule has 9 nitrogen and oxygen atoms in total. The molecule has 1 aliphatic heterocycles. The van der Waals surface area contributed by atoms with Crippen LogP contribution in [0.3, 0.4) is 0 Å². The van der Waals surface area contributed by atoms with Crippen molar-refractivity contribution in [1.29, 1.82) is 0 Å². The molecule has 384 valence electrons. The second kappa shape index (κ2) is 46.8. The number of nitrogens with one attached hydrogen (secondary N) is 1. The van der Waals surface area contributed by atoms with Crippen LogP contribution in [0.5, 0.6) is 0 Å². The van der Waals surface area contributed by atoms with Gasteiger partial charge in [0.2, 0.25) is 5.91 Å². The van der Waals surface area contributed by atoms with Gasteiger partial charge in [-0.15, -0.1) is 0 Å². The molecule has 0 saturated carbocycles. The van der Waals surface area contributed by atoms with E-state index in [0.29, 0.717) is 6.42 Å². The van der Waals surface area contributed by atoms with E-state index in [1.807, 2.05) is 6.08 Å². The quantitative estimate of drug-likeness (QED) is 0.0261. The molecule has 1 rings (SSSR count). The number of rotatable bonds is 44. The van der Waals surface area contributed by atoms with E-state index in [0.717, 1.165) is 83.5 Å². The van der Waals surface area contributed by atoms with E-state index in [2.05, 4.69) is 104 Å². The molecular weight excluding hydrogens is 839 g/mol. The monoisotopic (exact) mass is 938 g/mol. The van der Waals surface area contributed by atoms with E-state index >= 15 is 0 Å². The fourth-order valence-electron chi connectivity index (χ4n) is 7.90. The number of ether oxygens (including phenoxy) is 2. The van der Waals surface area contributed by atoms with E-state index in [4.69, 9.17) is 9.47 Å². The minimum atomic E-state index is -1.57. The first kappa shape index (κ1) is 62.1. The minimum absolute atomic E-state index is 0.185. The molecule has 1 saturated heterocycles. The van der Waals surface area contributed by atoms with Crippen LogP contribution in [0.1, 0.15) is 206 Å². The molecule has 1 aliphatic rings. The first-order valence-electron chi connectivity index (χ1n) is 27.0. The second-order valence-corrected chi connectivity index (χ2v) is 18.3. The SMILES string of the molecule is CC/C=C\C/C=C\C/C=C\C/C=C\C/C=C\C/C=C\C/C=C\CCCCCCCCCCCCCCCC(=O)NC(COC1OC(CO)C(O)C(O)C1O)C(O)/C=C/CCCCCCCCC. The molecule has 0 spiro atoms. The van der Waals surface area contributed by atoms with Crippen LogP contribution in [0.2, 0.25) is 0 Å². The maximum Gasteiger partial charge on any atom is 0.220 e. The van der Waals surface area contributed by atoms with Gasteiger partial charge in [0.1, 0.15) is 24.4 Å². The molecule has 0 aromatic heterocycles. The van der Waals surface area contributed by atoms with Gasteiger partial charge in [-0.25, -0.2) is 0 Å². The van der Waals surface area contributed by atoms with Crippen molar-refractivity contribution in [2.75, 3.05) is 13.2 Å². The molecule has 7 atom stereocenters. The van der Waals surface area contributed by atoms with E-state index < -0.39 is 49.5 Å².